The van der Waals surface area contributed by atoms with Gasteiger partial charge in [0.05, 0.1) is 4.92 Å². The van der Waals surface area contributed by atoms with Crippen LogP contribution in [0.5, 0.6) is 0 Å². The number of aromatic nitrogens is 4. The van der Waals surface area contributed by atoms with Crippen LogP contribution in [0.3, 0.4) is 0 Å². The summed E-state index contributed by atoms with van der Waals surface area (Å²) < 4.78 is 1.60. The van der Waals surface area contributed by atoms with E-state index in [2.05, 4.69) is 20.5 Å². The second kappa shape index (κ2) is 7.74. The van der Waals surface area contributed by atoms with Gasteiger partial charge in [0.1, 0.15) is 5.65 Å². The van der Waals surface area contributed by atoms with Gasteiger partial charge < -0.3 is 5.32 Å². The van der Waals surface area contributed by atoms with Crippen molar-refractivity contribution >= 4 is 39.6 Å². The average Bonchev–Trinajstić information content (AvgIpc) is 3.14. The second-order valence-corrected chi connectivity index (χ2v) is 7.78. The molecule has 3 heterocycles. The lowest BCUT2D eigenvalue weighted by molar-refractivity contribution is -0.389. The number of fused-ring (bicyclic) bond motifs is 1. The standard InChI is InChI=1S/C17H12N6O3S2/c24-15-13(23(25)26)14(19-12-8-4-5-9-22(12)15)27-17-21-20-16(28-17)18-10-11-6-2-1-3-7-11/h1-9H,10H2,(H,18,20). The van der Waals surface area contributed by atoms with Crippen molar-refractivity contribution in [2.75, 3.05) is 5.32 Å². The van der Waals surface area contributed by atoms with Crippen molar-refractivity contribution in [2.24, 2.45) is 0 Å². The van der Waals surface area contributed by atoms with E-state index in [4.69, 9.17) is 0 Å². The maximum atomic E-state index is 12.5. The molecule has 4 rings (SSSR count). The van der Waals surface area contributed by atoms with Crippen LogP contribution in [0, 0.1) is 10.1 Å². The molecule has 0 atom stereocenters. The van der Waals surface area contributed by atoms with E-state index in [1.165, 1.54) is 17.5 Å². The molecule has 0 aliphatic rings. The van der Waals surface area contributed by atoms with Crippen LogP contribution in [-0.2, 0) is 6.54 Å². The molecule has 1 aromatic carbocycles. The fraction of sp³-hybridized carbons (Fsp3) is 0.0588. The number of benzene rings is 1. The van der Waals surface area contributed by atoms with Crippen LogP contribution >= 0.6 is 23.1 Å². The van der Waals surface area contributed by atoms with E-state index in [0.717, 1.165) is 21.7 Å². The van der Waals surface area contributed by atoms with Crippen molar-refractivity contribution in [1.82, 2.24) is 19.6 Å². The molecule has 0 amide bonds. The van der Waals surface area contributed by atoms with Crippen LogP contribution in [0.25, 0.3) is 5.65 Å². The van der Waals surface area contributed by atoms with Gasteiger partial charge in [-0.2, -0.15) is 0 Å². The Morgan fingerprint density at radius 3 is 2.71 bits per heavy atom. The van der Waals surface area contributed by atoms with Crippen molar-refractivity contribution in [1.29, 1.82) is 0 Å². The number of hydrogen-bond acceptors (Lipinski definition) is 9. The Kier molecular flexibility index (Phi) is 5.00. The van der Waals surface area contributed by atoms with Crippen LogP contribution in [-0.4, -0.2) is 24.5 Å². The largest absolute Gasteiger partial charge is 0.366 e. The molecule has 0 spiro atoms. The summed E-state index contributed by atoms with van der Waals surface area (Å²) in [5.74, 6) is 0. The molecule has 140 valence electrons. The van der Waals surface area contributed by atoms with Crippen LogP contribution in [0.15, 0.2) is 68.9 Å². The van der Waals surface area contributed by atoms with Gasteiger partial charge in [-0.25, -0.2) is 4.98 Å². The third-order valence-corrected chi connectivity index (χ3v) is 5.65. The van der Waals surface area contributed by atoms with E-state index in [-0.39, 0.29) is 5.03 Å². The molecule has 4 aromatic rings. The summed E-state index contributed by atoms with van der Waals surface area (Å²) in [6.45, 7) is 0.579. The van der Waals surface area contributed by atoms with Crippen LogP contribution in [0.2, 0.25) is 0 Å². The maximum Gasteiger partial charge on any atom is 0.366 e. The molecule has 3 aromatic heterocycles. The predicted molar refractivity (Wildman–Crippen MR) is 106 cm³/mol. The van der Waals surface area contributed by atoms with E-state index < -0.39 is 16.2 Å². The highest BCUT2D eigenvalue weighted by Crippen LogP contribution is 2.34. The summed E-state index contributed by atoms with van der Waals surface area (Å²) in [5, 5.41) is 23.2. The van der Waals surface area contributed by atoms with Gasteiger partial charge in [0, 0.05) is 12.7 Å². The number of nitrogens with one attached hydrogen (secondary N) is 1. The van der Waals surface area contributed by atoms with Gasteiger partial charge in [-0.15, -0.1) is 10.2 Å². The lowest BCUT2D eigenvalue weighted by atomic mass is 10.2. The molecular formula is C17H12N6O3S2. The highest BCUT2D eigenvalue weighted by atomic mass is 32.2. The summed E-state index contributed by atoms with van der Waals surface area (Å²) in [6.07, 6.45) is 1.45. The summed E-state index contributed by atoms with van der Waals surface area (Å²) in [4.78, 5) is 27.4. The minimum atomic E-state index is -0.731. The zero-order chi connectivity index (χ0) is 19.5. The van der Waals surface area contributed by atoms with Gasteiger partial charge in [-0.3, -0.25) is 19.3 Å². The third kappa shape index (κ3) is 3.70. The van der Waals surface area contributed by atoms with Crippen molar-refractivity contribution in [3.05, 3.63) is 80.8 Å². The molecule has 28 heavy (non-hydrogen) atoms. The molecule has 0 bridgehead atoms. The number of hydrogen-bond donors (Lipinski definition) is 1. The number of nitro groups is 1. The molecule has 11 heteroatoms. The molecule has 0 fully saturated rings. The lowest BCUT2D eigenvalue weighted by Crippen LogP contribution is -2.19. The van der Waals surface area contributed by atoms with Crippen LogP contribution < -0.4 is 10.9 Å². The van der Waals surface area contributed by atoms with E-state index in [9.17, 15) is 14.9 Å². The van der Waals surface area contributed by atoms with E-state index >= 15 is 0 Å². The summed E-state index contributed by atoms with van der Waals surface area (Å²) in [6, 6.07) is 14.7. The Balaban J connectivity index is 1.60. The van der Waals surface area contributed by atoms with E-state index in [1.807, 2.05) is 30.3 Å². The Labute approximate surface area is 166 Å². The molecule has 0 radical (unpaired) electrons. The first-order valence-corrected chi connectivity index (χ1v) is 9.70. The minimum absolute atomic E-state index is 0.00745. The topological polar surface area (TPSA) is 115 Å². The van der Waals surface area contributed by atoms with Crippen LogP contribution in [0.1, 0.15) is 5.56 Å². The Morgan fingerprint density at radius 1 is 1.14 bits per heavy atom. The van der Waals surface area contributed by atoms with Gasteiger partial charge in [0.2, 0.25) is 5.13 Å². The molecule has 0 aliphatic heterocycles. The van der Waals surface area contributed by atoms with Gasteiger partial charge in [0.15, 0.2) is 9.37 Å². The summed E-state index contributed by atoms with van der Waals surface area (Å²) in [7, 11) is 0. The van der Waals surface area contributed by atoms with Crippen LogP contribution in [0.4, 0.5) is 10.8 Å². The van der Waals surface area contributed by atoms with Gasteiger partial charge >= 0.3 is 11.2 Å². The molecule has 9 nitrogen and oxygen atoms in total. The zero-order valence-electron chi connectivity index (χ0n) is 14.2. The van der Waals surface area contributed by atoms with Crippen molar-refractivity contribution in [3.63, 3.8) is 0 Å². The minimum Gasteiger partial charge on any atom is -0.356 e. The number of rotatable bonds is 6. The maximum absolute atomic E-state index is 12.5. The molecule has 0 saturated heterocycles. The fourth-order valence-corrected chi connectivity index (χ4v) is 4.22. The number of pyridine rings is 1. The normalized spacial score (nSPS) is 10.9. The monoisotopic (exact) mass is 412 g/mol. The first-order chi connectivity index (χ1) is 13.6. The average molecular weight is 412 g/mol. The van der Waals surface area contributed by atoms with E-state index in [0.29, 0.717) is 21.7 Å². The number of nitrogens with zero attached hydrogens (tertiary/aromatic N) is 5. The molecule has 1 N–H and O–H groups in total. The van der Waals surface area contributed by atoms with E-state index in [1.54, 1.807) is 18.2 Å². The highest BCUT2D eigenvalue weighted by molar-refractivity contribution is 8.01. The summed E-state index contributed by atoms with van der Waals surface area (Å²) >= 11 is 2.19. The second-order valence-electron chi connectivity index (χ2n) is 5.57. The van der Waals surface area contributed by atoms with Crippen molar-refractivity contribution in [2.45, 2.75) is 15.9 Å². The summed E-state index contributed by atoms with van der Waals surface area (Å²) in [5.41, 5.74) is 0.104. The van der Waals surface area contributed by atoms with Gasteiger partial charge in [-0.1, -0.05) is 47.7 Å². The molecular weight excluding hydrogens is 400 g/mol. The Morgan fingerprint density at radius 2 is 1.93 bits per heavy atom. The molecule has 0 aliphatic carbocycles. The Bertz CT molecular complexity index is 1210. The fourth-order valence-electron chi connectivity index (χ4n) is 2.47. The quantitative estimate of drug-likeness (QED) is 0.292. The predicted octanol–water partition coefficient (Wildman–Crippen LogP) is 3.22. The lowest BCUT2D eigenvalue weighted by Gasteiger charge is -2.03. The first-order valence-electron chi connectivity index (χ1n) is 8.07. The van der Waals surface area contributed by atoms with Crippen molar-refractivity contribution < 1.29 is 4.92 Å². The Hall–Kier alpha value is -3.31. The SMILES string of the molecule is O=c1c([N+](=O)[O-])c(Sc2nnc(NCc3ccccc3)s2)nc2ccccn12. The zero-order valence-corrected chi connectivity index (χ0v) is 15.8. The molecule has 0 saturated carbocycles. The van der Waals surface area contributed by atoms with Crippen molar-refractivity contribution in [3.8, 4) is 0 Å². The third-order valence-electron chi connectivity index (χ3n) is 3.74. The molecule has 0 unspecified atom stereocenters. The van der Waals surface area contributed by atoms with Gasteiger partial charge in [-0.05, 0) is 29.5 Å². The highest BCUT2D eigenvalue weighted by Gasteiger charge is 2.25. The van der Waals surface area contributed by atoms with Gasteiger partial charge in [0.25, 0.3) is 0 Å². The number of anilines is 1. The first kappa shape index (κ1) is 18.1. The smallest absolute Gasteiger partial charge is 0.356 e.